The highest BCUT2D eigenvalue weighted by Gasteiger charge is 2.16. The summed E-state index contributed by atoms with van der Waals surface area (Å²) in [6.07, 6.45) is 0. The standard InChI is InChI=1S/C13H21NO2S/c1-10(2)14-7-8-17(15,16)13-9-11(3)5-6-12(13)4/h5-6,9-10,14H,7-8H2,1-4H3. The van der Waals surface area contributed by atoms with E-state index in [1.165, 1.54) is 0 Å². The van der Waals surface area contributed by atoms with E-state index in [-0.39, 0.29) is 5.75 Å². The molecule has 0 atom stereocenters. The van der Waals surface area contributed by atoms with Crippen LogP contribution in [0.1, 0.15) is 25.0 Å². The van der Waals surface area contributed by atoms with Gasteiger partial charge in [0.05, 0.1) is 10.6 Å². The van der Waals surface area contributed by atoms with Gasteiger partial charge in [-0.2, -0.15) is 0 Å². The molecule has 0 amide bonds. The molecular weight excluding hydrogens is 234 g/mol. The average Bonchev–Trinajstić information content (AvgIpc) is 2.20. The quantitative estimate of drug-likeness (QED) is 0.876. The van der Waals surface area contributed by atoms with Crippen molar-refractivity contribution in [3.05, 3.63) is 29.3 Å². The first-order valence-corrected chi connectivity index (χ1v) is 7.51. The van der Waals surface area contributed by atoms with Crippen molar-refractivity contribution in [2.75, 3.05) is 12.3 Å². The summed E-state index contributed by atoms with van der Waals surface area (Å²) < 4.78 is 24.3. The molecule has 0 saturated carbocycles. The number of sulfone groups is 1. The first kappa shape index (κ1) is 14.2. The van der Waals surface area contributed by atoms with Crippen LogP contribution in [0.15, 0.2) is 23.1 Å². The Morgan fingerprint density at radius 2 is 1.88 bits per heavy atom. The summed E-state index contributed by atoms with van der Waals surface area (Å²) in [4.78, 5) is 0.461. The van der Waals surface area contributed by atoms with E-state index in [1.807, 2.05) is 39.8 Å². The predicted molar refractivity (Wildman–Crippen MR) is 71.1 cm³/mol. The van der Waals surface area contributed by atoms with E-state index < -0.39 is 9.84 Å². The minimum absolute atomic E-state index is 0.148. The third kappa shape index (κ3) is 4.13. The van der Waals surface area contributed by atoms with Crippen molar-refractivity contribution in [2.24, 2.45) is 0 Å². The SMILES string of the molecule is Cc1ccc(C)c(S(=O)(=O)CCNC(C)C)c1. The molecule has 0 aliphatic heterocycles. The molecule has 0 aliphatic carbocycles. The van der Waals surface area contributed by atoms with Crippen LogP contribution in [0, 0.1) is 13.8 Å². The zero-order valence-electron chi connectivity index (χ0n) is 10.9. The van der Waals surface area contributed by atoms with Crippen LogP contribution in [0.2, 0.25) is 0 Å². The molecule has 0 aliphatic rings. The van der Waals surface area contributed by atoms with Crippen LogP contribution in [-0.2, 0) is 9.84 Å². The number of benzene rings is 1. The van der Waals surface area contributed by atoms with Crippen LogP contribution in [-0.4, -0.2) is 26.8 Å². The van der Waals surface area contributed by atoms with Crippen LogP contribution >= 0.6 is 0 Å². The molecule has 0 heterocycles. The summed E-state index contributed by atoms with van der Waals surface area (Å²) in [5, 5.41) is 3.13. The van der Waals surface area contributed by atoms with E-state index in [4.69, 9.17) is 0 Å². The molecule has 17 heavy (non-hydrogen) atoms. The summed E-state index contributed by atoms with van der Waals surface area (Å²) >= 11 is 0. The van der Waals surface area contributed by atoms with Gasteiger partial charge in [0, 0.05) is 12.6 Å². The Morgan fingerprint density at radius 1 is 1.24 bits per heavy atom. The molecule has 0 fully saturated rings. The van der Waals surface area contributed by atoms with Crippen LogP contribution in [0.5, 0.6) is 0 Å². The lowest BCUT2D eigenvalue weighted by atomic mass is 10.2. The molecule has 0 saturated heterocycles. The van der Waals surface area contributed by atoms with Crippen LogP contribution in [0.3, 0.4) is 0 Å². The fourth-order valence-corrected chi connectivity index (χ4v) is 3.16. The van der Waals surface area contributed by atoms with E-state index >= 15 is 0 Å². The van der Waals surface area contributed by atoms with E-state index in [9.17, 15) is 8.42 Å². The van der Waals surface area contributed by atoms with Crippen molar-refractivity contribution in [2.45, 2.75) is 38.6 Å². The third-order valence-electron chi connectivity index (χ3n) is 2.60. The monoisotopic (exact) mass is 255 g/mol. The van der Waals surface area contributed by atoms with Crippen LogP contribution in [0.25, 0.3) is 0 Å². The van der Waals surface area contributed by atoms with Gasteiger partial charge in [-0.05, 0) is 31.0 Å². The van der Waals surface area contributed by atoms with Gasteiger partial charge >= 0.3 is 0 Å². The van der Waals surface area contributed by atoms with Gasteiger partial charge in [-0.1, -0.05) is 26.0 Å². The van der Waals surface area contributed by atoms with Gasteiger partial charge in [0.25, 0.3) is 0 Å². The summed E-state index contributed by atoms with van der Waals surface area (Å²) in [6, 6.07) is 5.85. The fourth-order valence-electron chi connectivity index (χ4n) is 1.63. The van der Waals surface area contributed by atoms with Crippen molar-refractivity contribution in [3.63, 3.8) is 0 Å². The largest absolute Gasteiger partial charge is 0.314 e. The lowest BCUT2D eigenvalue weighted by Crippen LogP contribution is -2.28. The molecule has 0 unspecified atom stereocenters. The molecule has 0 radical (unpaired) electrons. The summed E-state index contributed by atoms with van der Waals surface area (Å²) in [6.45, 7) is 8.25. The highest BCUT2D eigenvalue weighted by Crippen LogP contribution is 2.17. The maximum atomic E-state index is 12.1. The van der Waals surface area contributed by atoms with Gasteiger partial charge in [-0.15, -0.1) is 0 Å². The topological polar surface area (TPSA) is 46.2 Å². The highest BCUT2D eigenvalue weighted by atomic mass is 32.2. The molecule has 3 nitrogen and oxygen atoms in total. The molecule has 0 bridgehead atoms. The summed E-state index contributed by atoms with van der Waals surface area (Å²) in [5.41, 5.74) is 1.80. The number of hydrogen-bond donors (Lipinski definition) is 1. The second-order valence-electron chi connectivity index (χ2n) is 4.70. The van der Waals surface area contributed by atoms with Gasteiger partial charge in [-0.3, -0.25) is 0 Å². The third-order valence-corrected chi connectivity index (χ3v) is 4.45. The smallest absolute Gasteiger partial charge is 0.179 e. The zero-order valence-corrected chi connectivity index (χ0v) is 11.8. The van der Waals surface area contributed by atoms with Gasteiger partial charge in [0.2, 0.25) is 0 Å². The molecule has 0 aromatic heterocycles. The minimum Gasteiger partial charge on any atom is -0.314 e. The highest BCUT2D eigenvalue weighted by molar-refractivity contribution is 7.91. The summed E-state index contributed by atoms with van der Waals surface area (Å²) in [7, 11) is -3.17. The Labute approximate surface area is 104 Å². The van der Waals surface area contributed by atoms with Gasteiger partial charge in [0.1, 0.15) is 0 Å². The molecule has 4 heteroatoms. The number of hydrogen-bond acceptors (Lipinski definition) is 3. The Bertz CT molecular complexity index is 478. The van der Waals surface area contributed by atoms with E-state index in [2.05, 4.69) is 5.32 Å². The molecule has 0 spiro atoms. The molecule has 1 aromatic carbocycles. The maximum Gasteiger partial charge on any atom is 0.179 e. The molecule has 1 rings (SSSR count). The van der Waals surface area contributed by atoms with E-state index in [1.54, 1.807) is 6.07 Å². The van der Waals surface area contributed by atoms with Crippen molar-refractivity contribution in [1.82, 2.24) is 5.32 Å². The lowest BCUT2D eigenvalue weighted by Gasteiger charge is -2.11. The Hall–Kier alpha value is -0.870. The first-order valence-electron chi connectivity index (χ1n) is 5.86. The molecule has 1 aromatic rings. The lowest BCUT2D eigenvalue weighted by molar-refractivity contribution is 0.577. The van der Waals surface area contributed by atoms with Gasteiger partial charge < -0.3 is 5.32 Å². The normalized spacial score (nSPS) is 12.1. The van der Waals surface area contributed by atoms with E-state index in [0.717, 1.165) is 11.1 Å². The van der Waals surface area contributed by atoms with Crippen molar-refractivity contribution in [3.8, 4) is 0 Å². The number of rotatable bonds is 5. The first-order chi connectivity index (χ1) is 7.83. The number of aryl methyl sites for hydroxylation is 2. The molecule has 1 N–H and O–H groups in total. The zero-order chi connectivity index (χ0) is 13.1. The Balaban J connectivity index is 2.86. The molecule has 96 valence electrons. The van der Waals surface area contributed by atoms with Crippen molar-refractivity contribution < 1.29 is 8.42 Å². The second kappa shape index (κ2) is 5.65. The van der Waals surface area contributed by atoms with E-state index in [0.29, 0.717) is 17.5 Å². The Morgan fingerprint density at radius 3 is 2.47 bits per heavy atom. The average molecular weight is 255 g/mol. The predicted octanol–water partition coefficient (Wildman–Crippen LogP) is 2.08. The summed E-state index contributed by atoms with van der Waals surface area (Å²) in [5.74, 6) is 0.148. The van der Waals surface area contributed by atoms with Crippen molar-refractivity contribution >= 4 is 9.84 Å². The van der Waals surface area contributed by atoms with Crippen LogP contribution < -0.4 is 5.32 Å². The Kier molecular flexibility index (Phi) is 4.71. The van der Waals surface area contributed by atoms with Gasteiger partial charge in [-0.25, -0.2) is 8.42 Å². The van der Waals surface area contributed by atoms with Crippen molar-refractivity contribution in [1.29, 1.82) is 0 Å². The minimum atomic E-state index is -3.17. The number of nitrogens with one attached hydrogen (secondary N) is 1. The second-order valence-corrected chi connectivity index (χ2v) is 6.77. The van der Waals surface area contributed by atoms with Gasteiger partial charge in [0.15, 0.2) is 9.84 Å². The van der Waals surface area contributed by atoms with Crippen LogP contribution in [0.4, 0.5) is 0 Å². The molecular formula is C13H21NO2S. The maximum absolute atomic E-state index is 12.1. The fraction of sp³-hybridized carbons (Fsp3) is 0.538.